The van der Waals surface area contributed by atoms with E-state index in [0.29, 0.717) is 0 Å². The van der Waals surface area contributed by atoms with Crippen LogP contribution in [-0.2, 0) is 10.8 Å². The Bertz CT molecular complexity index is 2790. The Morgan fingerprint density at radius 1 is 0.462 bits per heavy atom. The Hall–Kier alpha value is -6.00. The predicted octanol–water partition coefficient (Wildman–Crippen LogP) is 10.2. The molecule has 0 saturated carbocycles. The summed E-state index contributed by atoms with van der Waals surface area (Å²) < 4.78 is 9.37. The van der Waals surface area contributed by atoms with E-state index in [1.54, 1.807) is 0 Å². The molecule has 0 spiro atoms. The van der Waals surface area contributed by atoms with Gasteiger partial charge in [-0.3, -0.25) is 0 Å². The molecule has 3 aliphatic heterocycles. The highest BCUT2D eigenvalue weighted by Crippen LogP contribution is 2.55. The molecule has 3 nitrogen and oxygen atoms in total. The van der Waals surface area contributed by atoms with Crippen molar-refractivity contribution in [1.29, 1.82) is 0 Å². The predicted molar refractivity (Wildman–Crippen MR) is 217 cm³/mol. The van der Waals surface area contributed by atoms with E-state index < -0.39 is 0 Å². The topological polar surface area (TPSA) is 17.4 Å². The van der Waals surface area contributed by atoms with Crippen molar-refractivity contribution in [2.75, 3.05) is 4.90 Å². The van der Waals surface area contributed by atoms with E-state index in [2.05, 4.69) is 189 Å². The van der Waals surface area contributed by atoms with Crippen molar-refractivity contribution >= 4 is 62.0 Å². The van der Waals surface area contributed by atoms with E-state index in [0.717, 1.165) is 22.9 Å². The number of nitrogens with zero attached hydrogens (tertiary/aromatic N) is 2. The van der Waals surface area contributed by atoms with Crippen molar-refractivity contribution in [1.82, 2.24) is 4.57 Å². The number of hydrogen-bond donors (Lipinski definition) is 0. The zero-order valence-corrected chi connectivity index (χ0v) is 29.8. The van der Waals surface area contributed by atoms with Crippen LogP contribution in [0.1, 0.15) is 49.9 Å². The smallest absolute Gasteiger partial charge is 0.251 e. The van der Waals surface area contributed by atoms with Crippen LogP contribution in [0.15, 0.2) is 152 Å². The lowest BCUT2D eigenvalue weighted by atomic mass is 9.30. The lowest BCUT2D eigenvalue weighted by molar-refractivity contribution is 0.484. The van der Waals surface area contributed by atoms with Crippen molar-refractivity contribution in [2.45, 2.75) is 38.5 Å². The minimum absolute atomic E-state index is 0.120. The lowest BCUT2D eigenvalue weighted by Crippen LogP contribution is -2.62. The van der Waals surface area contributed by atoms with Crippen molar-refractivity contribution < 1.29 is 4.74 Å². The maximum Gasteiger partial charge on any atom is 0.251 e. The molecule has 8 aromatic rings. The Kier molecular flexibility index (Phi) is 5.88. The van der Waals surface area contributed by atoms with Gasteiger partial charge in [0.1, 0.15) is 11.5 Å². The van der Waals surface area contributed by atoms with Crippen molar-refractivity contribution in [3.63, 3.8) is 0 Å². The Balaban J connectivity index is 1.23. The van der Waals surface area contributed by atoms with Crippen molar-refractivity contribution in [3.05, 3.63) is 174 Å². The molecule has 7 aromatic carbocycles. The first-order valence-corrected chi connectivity index (χ1v) is 18.4. The van der Waals surface area contributed by atoms with Gasteiger partial charge >= 0.3 is 0 Å². The molecule has 0 amide bonds. The van der Waals surface area contributed by atoms with Crippen molar-refractivity contribution in [3.8, 4) is 17.2 Å². The number of benzene rings is 7. The van der Waals surface area contributed by atoms with Gasteiger partial charge < -0.3 is 14.2 Å². The first-order valence-electron chi connectivity index (χ1n) is 18.4. The standard InChI is InChI=1S/C48H37BN2O/c1-47(2)34-19-9-11-21-38(34)49-39-22-12-15-25-44(39)52-45-27-31(26-37(47)46(45)49)51-41-24-14-10-20-35(41)48(3,4)36-28-33-32-18-8-13-23-40(32)50(42(33)29-43(36)51)30-16-6-5-7-17-30/h5-29H,1-4H3. The molecule has 0 atom stereocenters. The molecule has 3 aliphatic rings. The number of hydrogen-bond acceptors (Lipinski definition) is 2. The molecule has 4 heterocycles. The van der Waals surface area contributed by atoms with Crippen molar-refractivity contribution in [2.24, 2.45) is 0 Å². The molecule has 0 fully saturated rings. The van der Waals surface area contributed by atoms with Gasteiger partial charge in [0.05, 0.1) is 28.1 Å². The molecular formula is C48H37BN2O. The minimum atomic E-state index is -0.232. The molecule has 0 unspecified atom stereocenters. The van der Waals surface area contributed by atoms with Gasteiger partial charge in [0.2, 0.25) is 0 Å². The summed E-state index contributed by atoms with van der Waals surface area (Å²) in [5.74, 6) is 1.88. The molecule has 0 saturated heterocycles. The van der Waals surface area contributed by atoms with E-state index in [-0.39, 0.29) is 17.5 Å². The molecular weight excluding hydrogens is 631 g/mol. The number of para-hydroxylation sites is 4. The third-order valence-electron chi connectivity index (χ3n) is 12.3. The fraction of sp³-hybridized carbons (Fsp3) is 0.125. The molecule has 11 rings (SSSR count). The summed E-state index contributed by atoms with van der Waals surface area (Å²) >= 11 is 0. The summed E-state index contributed by atoms with van der Waals surface area (Å²) in [4.78, 5) is 2.51. The average Bonchev–Trinajstić information content (AvgIpc) is 3.49. The normalized spacial score (nSPS) is 15.7. The van der Waals surface area contributed by atoms with E-state index in [1.807, 2.05) is 0 Å². The quantitative estimate of drug-likeness (QED) is 0.171. The van der Waals surface area contributed by atoms with Gasteiger partial charge in [0.25, 0.3) is 6.71 Å². The number of aromatic nitrogens is 1. The summed E-state index contributed by atoms with van der Waals surface area (Å²) in [6, 6.07) is 55.9. The minimum Gasteiger partial charge on any atom is -0.458 e. The van der Waals surface area contributed by atoms with Crippen LogP contribution in [-0.4, -0.2) is 11.3 Å². The van der Waals surface area contributed by atoms with Gasteiger partial charge in [-0.1, -0.05) is 130 Å². The third kappa shape index (κ3) is 3.82. The van der Waals surface area contributed by atoms with Gasteiger partial charge in [-0.15, -0.1) is 0 Å². The van der Waals surface area contributed by atoms with Crippen LogP contribution in [0, 0.1) is 0 Å². The molecule has 52 heavy (non-hydrogen) atoms. The largest absolute Gasteiger partial charge is 0.458 e. The van der Waals surface area contributed by atoms with E-state index >= 15 is 0 Å². The molecule has 248 valence electrons. The van der Waals surface area contributed by atoms with E-state index in [9.17, 15) is 0 Å². The second-order valence-corrected chi connectivity index (χ2v) is 15.7. The second kappa shape index (κ2) is 10.3. The monoisotopic (exact) mass is 668 g/mol. The first-order chi connectivity index (χ1) is 25.3. The summed E-state index contributed by atoms with van der Waals surface area (Å²) in [5, 5.41) is 2.54. The van der Waals surface area contributed by atoms with Crippen LogP contribution in [0.4, 0.5) is 17.1 Å². The van der Waals surface area contributed by atoms with Crippen LogP contribution < -0.4 is 26.0 Å². The lowest BCUT2D eigenvalue weighted by Gasteiger charge is -2.45. The SMILES string of the molecule is CC1(C)c2ccccc2N(c2cc3c4c(c2)C(C)(C)c2ccccc2B4c2ccccc2O3)c2cc3c(cc21)c1ccccc1n3-c1ccccc1. The Morgan fingerprint density at radius 3 is 1.98 bits per heavy atom. The second-order valence-electron chi connectivity index (χ2n) is 15.7. The number of ether oxygens (including phenoxy) is 1. The molecule has 4 heteroatoms. The van der Waals surface area contributed by atoms with Crippen LogP contribution in [0.3, 0.4) is 0 Å². The highest BCUT2D eigenvalue weighted by atomic mass is 16.5. The summed E-state index contributed by atoms with van der Waals surface area (Å²) in [6.45, 7) is 9.64. The number of rotatable bonds is 2. The van der Waals surface area contributed by atoms with E-state index in [4.69, 9.17) is 4.74 Å². The van der Waals surface area contributed by atoms with Crippen LogP contribution >= 0.6 is 0 Å². The van der Waals surface area contributed by atoms with Gasteiger partial charge in [0, 0.05) is 33.4 Å². The molecule has 1 aromatic heterocycles. The van der Waals surface area contributed by atoms with Gasteiger partial charge in [0.15, 0.2) is 0 Å². The average molecular weight is 669 g/mol. The van der Waals surface area contributed by atoms with E-state index in [1.165, 1.54) is 71.8 Å². The Morgan fingerprint density at radius 2 is 1.13 bits per heavy atom. The molecule has 0 radical (unpaired) electrons. The number of anilines is 3. The maximum absolute atomic E-state index is 6.94. The van der Waals surface area contributed by atoms with Gasteiger partial charge in [-0.2, -0.15) is 0 Å². The van der Waals surface area contributed by atoms with Gasteiger partial charge in [-0.05, 0) is 81.7 Å². The van der Waals surface area contributed by atoms with Crippen LogP contribution in [0.2, 0.25) is 0 Å². The zero-order chi connectivity index (χ0) is 34.9. The molecule has 0 bridgehead atoms. The molecule has 0 aliphatic carbocycles. The Labute approximate surface area is 304 Å². The summed E-state index contributed by atoms with van der Waals surface area (Å²) in [5.41, 5.74) is 15.9. The first kappa shape index (κ1) is 29.7. The fourth-order valence-corrected chi connectivity index (χ4v) is 9.81. The van der Waals surface area contributed by atoms with Crippen LogP contribution in [0.5, 0.6) is 11.5 Å². The maximum atomic E-state index is 6.94. The zero-order valence-electron chi connectivity index (χ0n) is 29.8. The van der Waals surface area contributed by atoms with Crippen LogP contribution in [0.25, 0.3) is 27.5 Å². The summed E-state index contributed by atoms with van der Waals surface area (Å²) in [6.07, 6.45) is 0. The van der Waals surface area contributed by atoms with Gasteiger partial charge in [-0.25, -0.2) is 0 Å². The highest BCUT2D eigenvalue weighted by molar-refractivity contribution is 6.98. The third-order valence-corrected chi connectivity index (χ3v) is 12.3. The fourth-order valence-electron chi connectivity index (χ4n) is 9.81. The molecule has 0 N–H and O–H groups in total. The summed E-state index contributed by atoms with van der Waals surface area (Å²) in [7, 11) is 0. The highest BCUT2D eigenvalue weighted by Gasteiger charge is 2.46. The number of fused-ring (bicyclic) bond motifs is 9.